The van der Waals surface area contributed by atoms with Crippen LogP contribution in [-0.4, -0.2) is 5.78 Å². The minimum absolute atomic E-state index is 0.0165. The molecular weight excluding hydrogens is 280 g/mol. The van der Waals surface area contributed by atoms with Gasteiger partial charge < -0.3 is 0 Å². The average Bonchev–Trinajstić information content (AvgIpc) is 3.12. The van der Waals surface area contributed by atoms with Gasteiger partial charge in [0.2, 0.25) is 5.78 Å². The van der Waals surface area contributed by atoms with E-state index in [4.69, 9.17) is 11.6 Å². The quantitative estimate of drug-likeness (QED) is 0.445. The molecule has 1 nitrogen and oxygen atoms in total. The van der Waals surface area contributed by atoms with Crippen LogP contribution in [0.2, 0.25) is 5.02 Å². The maximum absolute atomic E-state index is 12.7. The van der Waals surface area contributed by atoms with Crippen LogP contribution in [0.3, 0.4) is 0 Å². The van der Waals surface area contributed by atoms with E-state index >= 15 is 0 Å². The predicted octanol–water partition coefficient (Wildman–Crippen LogP) is 4.79. The maximum Gasteiger partial charge on any atom is 0.216 e. The number of ketones is 1. The van der Waals surface area contributed by atoms with Crippen LogP contribution in [0.4, 0.5) is 0 Å². The van der Waals surface area contributed by atoms with Crippen LogP contribution in [-0.2, 0) is 10.2 Å². The molecule has 1 aliphatic carbocycles. The van der Waals surface area contributed by atoms with Crippen molar-refractivity contribution in [1.29, 1.82) is 0 Å². The van der Waals surface area contributed by atoms with E-state index < -0.39 is 5.41 Å². The number of Topliss-reactive ketones (excluding diaryl/α,β-unsaturated/α-hetero) is 1. The summed E-state index contributed by atoms with van der Waals surface area (Å²) in [4.78, 5) is 12.7. The van der Waals surface area contributed by atoms with E-state index in [0.29, 0.717) is 5.02 Å². The van der Waals surface area contributed by atoms with Gasteiger partial charge in [0.05, 0.1) is 5.41 Å². The molecule has 0 unspecified atom stereocenters. The van der Waals surface area contributed by atoms with Gasteiger partial charge >= 0.3 is 0 Å². The van der Waals surface area contributed by atoms with Crippen molar-refractivity contribution in [2.75, 3.05) is 0 Å². The summed E-state index contributed by atoms with van der Waals surface area (Å²) in [5.41, 5.74) is 0.375. The summed E-state index contributed by atoms with van der Waals surface area (Å²) in [6.45, 7) is 8.02. The molecule has 0 radical (unpaired) electrons. The molecule has 0 saturated heterocycles. The molecule has 110 valence electrons. The average molecular weight is 301 g/mol. The molecule has 0 spiro atoms. The van der Waals surface area contributed by atoms with Crippen LogP contribution < -0.4 is 0 Å². The maximum atomic E-state index is 12.7. The first-order chi connectivity index (χ1) is 9.79. The van der Waals surface area contributed by atoms with E-state index in [1.54, 1.807) is 0 Å². The third kappa shape index (κ3) is 3.39. The van der Waals surface area contributed by atoms with Gasteiger partial charge in [-0.25, -0.2) is 0 Å². The van der Waals surface area contributed by atoms with Crippen LogP contribution in [0.5, 0.6) is 0 Å². The highest BCUT2D eigenvalue weighted by atomic mass is 35.5. The van der Waals surface area contributed by atoms with E-state index in [9.17, 15) is 4.79 Å². The molecule has 1 aromatic rings. The van der Waals surface area contributed by atoms with E-state index in [0.717, 1.165) is 12.0 Å². The Balaban J connectivity index is 2.38. The topological polar surface area (TPSA) is 17.1 Å². The van der Waals surface area contributed by atoms with Crippen molar-refractivity contribution in [3.8, 4) is 11.8 Å². The van der Waals surface area contributed by atoms with Gasteiger partial charge in [0, 0.05) is 10.4 Å². The van der Waals surface area contributed by atoms with Crippen LogP contribution in [0.1, 0.15) is 39.7 Å². The number of hydrogen-bond acceptors (Lipinski definition) is 1. The summed E-state index contributed by atoms with van der Waals surface area (Å²) in [6.07, 6.45) is 4.94. The zero-order valence-electron chi connectivity index (χ0n) is 13.0. The number of rotatable bonds is 3. The van der Waals surface area contributed by atoms with Crippen LogP contribution >= 0.6 is 11.6 Å². The molecule has 0 aromatic heterocycles. The Kier molecular flexibility index (Phi) is 4.30. The van der Waals surface area contributed by atoms with Gasteiger partial charge in [-0.2, -0.15) is 0 Å². The van der Waals surface area contributed by atoms with Crippen LogP contribution in [0.15, 0.2) is 36.4 Å². The van der Waals surface area contributed by atoms with Crippen molar-refractivity contribution in [2.24, 2.45) is 11.3 Å². The molecule has 1 saturated carbocycles. The van der Waals surface area contributed by atoms with Gasteiger partial charge in [-0.15, -0.1) is 0 Å². The zero-order valence-corrected chi connectivity index (χ0v) is 13.8. The number of halogens is 1. The van der Waals surface area contributed by atoms with Crippen molar-refractivity contribution >= 4 is 17.4 Å². The third-order valence-electron chi connectivity index (χ3n) is 3.76. The monoisotopic (exact) mass is 300 g/mol. The Morgan fingerprint density at radius 3 is 2.48 bits per heavy atom. The van der Waals surface area contributed by atoms with Gasteiger partial charge in [0.25, 0.3) is 0 Å². The Bertz CT molecular complexity index is 622. The highest BCUT2D eigenvalue weighted by molar-refractivity contribution is 6.30. The molecule has 0 bridgehead atoms. The van der Waals surface area contributed by atoms with Crippen LogP contribution in [0.25, 0.3) is 0 Å². The fourth-order valence-electron chi connectivity index (χ4n) is 2.58. The highest BCUT2D eigenvalue weighted by Crippen LogP contribution is 2.55. The number of hydrogen-bond donors (Lipinski definition) is 0. The van der Waals surface area contributed by atoms with Crippen molar-refractivity contribution in [1.82, 2.24) is 0 Å². The van der Waals surface area contributed by atoms with Gasteiger partial charge in [0.15, 0.2) is 0 Å². The Labute approximate surface area is 132 Å². The molecule has 0 heterocycles. The van der Waals surface area contributed by atoms with E-state index in [1.165, 1.54) is 0 Å². The molecule has 2 heteroatoms. The second-order valence-corrected chi connectivity index (χ2v) is 7.08. The lowest BCUT2D eigenvalue weighted by molar-refractivity contribution is -0.116. The predicted molar refractivity (Wildman–Crippen MR) is 88.3 cm³/mol. The zero-order chi connectivity index (χ0) is 15.7. The summed E-state index contributed by atoms with van der Waals surface area (Å²) in [6, 6.07) is 7.58. The first-order valence-electron chi connectivity index (χ1n) is 7.26. The van der Waals surface area contributed by atoms with E-state index in [2.05, 4.69) is 17.9 Å². The summed E-state index contributed by atoms with van der Waals surface area (Å²) in [5.74, 6) is 6.19. The molecular formula is C19H21ClO. The number of allylic oxidation sites excluding steroid dienone is 2. The molecule has 2 rings (SSSR count). The summed E-state index contributed by atoms with van der Waals surface area (Å²) in [5, 5.41) is 0.686. The normalized spacial score (nSPS) is 24.5. The molecule has 1 aliphatic rings. The Morgan fingerprint density at radius 2 is 1.95 bits per heavy atom. The first kappa shape index (κ1) is 15.9. The smallest absolute Gasteiger partial charge is 0.216 e. The summed E-state index contributed by atoms with van der Waals surface area (Å²) < 4.78 is 0. The lowest BCUT2D eigenvalue weighted by Gasteiger charge is -2.14. The van der Waals surface area contributed by atoms with Crippen molar-refractivity contribution in [3.05, 3.63) is 47.0 Å². The van der Waals surface area contributed by atoms with Gasteiger partial charge in [-0.3, -0.25) is 4.79 Å². The fourth-order valence-corrected chi connectivity index (χ4v) is 2.71. The molecule has 0 aliphatic heterocycles. The molecule has 0 N–H and O–H groups in total. The molecule has 1 aromatic carbocycles. The van der Waals surface area contributed by atoms with E-state index in [1.807, 2.05) is 58.0 Å². The Morgan fingerprint density at radius 1 is 1.33 bits per heavy atom. The lowest BCUT2D eigenvalue weighted by atomic mass is 9.87. The SMILES string of the molecule is C/C=C/[C@H]1C[C@@]1(C(=O)C#CC(C)(C)C)c1ccc(Cl)cc1. The summed E-state index contributed by atoms with van der Waals surface area (Å²) >= 11 is 5.95. The van der Waals surface area contributed by atoms with Gasteiger partial charge in [-0.05, 0) is 63.7 Å². The molecule has 21 heavy (non-hydrogen) atoms. The Hall–Kier alpha value is -1.52. The fraction of sp³-hybridized carbons (Fsp3) is 0.421. The minimum atomic E-state index is -0.477. The second-order valence-electron chi connectivity index (χ2n) is 6.64. The van der Waals surface area contributed by atoms with Crippen molar-refractivity contribution in [3.63, 3.8) is 0 Å². The lowest BCUT2D eigenvalue weighted by Crippen LogP contribution is -2.21. The van der Waals surface area contributed by atoms with Crippen molar-refractivity contribution < 1.29 is 4.79 Å². The number of benzene rings is 1. The van der Waals surface area contributed by atoms with Gasteiger partial charge in [-0.1, -0.05) is 41.8 Å². The second kappa shape index (κ2) is 5.70. The van der Waals surface area contributed by atoms with Gasteiger partial charge in [0.1, 0.15) is 0 Å². The van der Waals surface area contributed by atoms with Crippen molar-refractivity contribution in [2.45, 2.75) is 39.5 Å². The van der Waals surface area contributed by atoms with E-state index in [-0.39, 0.29) is 17.1 Å². The third-order valence-corrected chi connectivity index (χ3v) is 4.01. The number of carbonyl (C=O) groups is 1. The standard InChI is InChI=1S/C19H21ClO/c1-5-6-15-13-19(15,14-7-9-16(20)10-8-14)17(21)11-12-18(2,3)4/h5-10,15H,13H2,1-4H3/b6-5+/t15-,19+/m0/s1. The number of carbonyl (C=O) groups excluding carboxylic acids is 1. The largest absolute Gasteiger partial charge is 0.284 e. The summed E-state index contributed by atoms with van der Waals surface area (Å²) in [7, 11) is 0. The molecule has 0 amide bonds. The molecule has 1 fully saturated rings. The molecule has 2 atom stereocenters. The minimum Gasteiger partial charge on any atom is -0.284 e. The van der Waals surface area contributed by atoms with Crippen LogP contribution in [0, 0.1) is 23.2 Å². The first-order valence-corrected chi connectivity index (χ1v) is 7.64. The highest BCUT2D eigenvalue weighted by Gasteiger charge is 2.58.